The van der Waals surface area contributed by atoms with Crippen molar-refractivity contribution in [2.24, 2.45) is 17.4 Å². The molecule has 0 saturated heterocycles. The number of rotatable bonds is 3. The summed E-state index contributed by atoms with van der Waals surface area (Å²) in [5.74, 6) is 0.531. The Morgan fingerprint density at radius 2 is 2.00 bits per heavy atom. The fourth-order valence-electron chi connectivity index (χ4n) is 0.548. The summed E-state index contributed by atoms with van der Waals surface area (Å²) in [7, 11) is 0. The number of hydrogen-bond donors (Lipinski definition) is 2. The molecule has 1 atom stereocenters. The molecule has 0 rings (SSSR count). The number of alkyl halides is 2. The minimum atomic E-state index is -0.117. The van der Waals surface area contributed by atoms with Crippen molar-refractivity contribution in [3.05, 3.63) is 0 Å². The highest BCUT2D eigenvalue weighted by molar-refractivity contribution is 14.2. The molecule has 0 aliphatic carbocycles. The number of nitrogens with two attached hydrogens (primary N) is 2. The van der Waals surface area contributed by atoms with Gasteiger partial charge in [0.05, 0.1) is 0 Å². The third-order valence-electron chi connectivity index (χ3n) is 1.02. The maximum Gasteiger partial charge on any atom is 0.120 e. The lowest BCUT2D eigenvalue weighted by molar-refractivity contribution is 0.537. The lowest BCUT2D eigenvalue weighted by Gasteiger charge is -2.17. The fraction of sp³-hybridized carbons (Fsp3) is 1.00. The zero-order valence-corrected chi connectivity index (χ0v) is 9.72. The van der Waals surface area contributed by atoms with Gasteiger partial charge in [-0.25, -0.2) is 0 Å². The van der Waals surface area contributed by atoms with Crippen molar-refractivity contribution in [1.29, 1.82) is 0 Å². The highest BCUT2D eigenvalue weighted by Gasteiger charge is 2.17. The van der Waals surface area contributed by atoms with Crippen molar-refractivity contribution < 1.29 is 0 Å². The first-order valence-corrected chi connectivity index (χ1v) is 4.98. The van der Waals surface area contributed by atoms with Crippen LogP contribution in [0.3, 0.4) is 0 Å². The Hall–Kier alpha value is 1.38. The molecule has 0 fully saturated rings. The van der Waals surface area contributed by atoms with Crippen LogP contribution < -0.4 is 11.5 Å². The Kier molecular flexibility index (Phi) is 4.96. The van der Waals surface area contributed by atoms with Gasteiger partial charge in [0.1, 0.15) is 1.55 Å². The molecule has 2 nitrogen and oxygen atoms in total. The monoisotopic (exact) mass is 354 g/mol. The minimum absolute atomic E-state index is 0.117. The third-order valence-corrected chi connectivity index (χ3v) is 1.90. The average molecular weight is 354 g/mol. The standard InChI is InChI=1S/C5H12I2N2/c1-4(3-8)2-5(6,7)9/h4H,2-3,8-9H2,1H3. The van der Waals surface area contributed by atoms with E-state index in [0.29, 0.717) is 5.92 Å². The van der Waals surface area contributed by atoms with Gasteiger partial charge in [-0.2, -0.15) is 0 Å². The predicted molar refractivity (Wildman–Crippen MR) is 57.8 cm³/mol. The Labute approximate surface area is 83.4 Å². The smallest absolute Gasteiger partial charge is 0.120 e. The molecule has 0 aliphatic rings. The summed E-state index contributed by atoms with van der Waals surface area (Å²) in [6.07, 6.45) is 0.977. The molecular weight excluding hydrogens is 342 g/mol. The highest BCUT2D eigenvalue weighted by Crippen LogP contribution is 2.27. The van der Waals surface area contributed by atoms with E-state index >= 15 is 0 Å². The molecular formula is C5H12I2N2. The van der Waals surface area contributed by atoms with Gasteiger partial charge in [-0.1, -0.05) is 6.92 Å². The first kappa shape index (κ1) is 10.4. The summed E-state index contributed by atoms with van der Waals surface area (Å²) in [4.78, 5) is 0. The van der Waals surface area contributed by atoms with Crippen LogP contribution in [0.5, 0.6) is 0 Å². The van der Waals surface area contributed by atoms with Crippen molar-refractivity contribution in [1.82, 2.24) is 0 Å². The van der Waals surface area contributed by atoms with Crippen molar-refractivity contribution in [2.45, 2.75) is 14.9 Å². The lowest BCUT2D eigenvalue weighted by Crippen LogP contribution is -2.28. The van der Waals surface area contributed by atoms with Crippen LogP contribution in [0, 0.1) is 5.92 Å². The summed E-state index contributed by atoms with van der Waals surface area (Å²) in [5, 5.41) is 0. The second kappa shape index (κ2) is 4.30. The van der Waals surface area contributed by atoms with Gasteiger partial charge >= 0.3 is 0 Å². The van der Waals surface area contributed by atoms with Crippen molar-refractivity contribution >= 4 is 45.2 Å². The summed E-state index contributed by atoms with van der Waals surface area (Å²) in [6, 6.07) is 0. The van der Waals surface area contributed by atoms with Crippen LogP contribution in [-0.4, -0.2) is 8.10 Å². The van der Waals surface area contributed by atoms with Gasteiger partial charge in [0.15, 0.2) is 0 Å². The minimum Gasteiger partial charge on any atom is -0.330 e. The van der Waals surface area contributed by atoms with E-state index in [-0.39, 0.29) is 1.55 Å². The van der Waals surface area contributed by atoms with Gasteiger partial charge < -0.3 is 11.5 Å². The van der Waals surface area contributed by atoms with Crippen LogP contribution >= 0.6 is 45.2 Å². The molecule has 0 amide bonds. The molecule has 0 aromatic carbocycles. The Morgan fingerprint density at radius 1 is 1.56 bits per heavy atom. The van der Waals surface area contributed by atoms with Crippen molar-refractivity contribution in [3.8, 4) is 0 Å². The number of halogens is 2. The molecule has 0 radical (unpaired) electrons. The molecule has 0 aromatic heterocycles. The molecule has 0 spiro atoms. The van der Waals surface area contributed by atoms with E-state index < -0.39 is 0 Å². The van der Waals surface area contributed by atoms with Crippen LogP contribution in [0.25, 0.3) is 0 Å². The van der Waals surface area contributed by atoms with Crippen LogP contribution in [0.2, 0.25) is 0 Å². The molecule has 56 valence electrons. The van der Waals surface area contributed by atoms with E-state index in [2.05, 4.69) is 52.1 Å². The van der Waals surface area contributed by atoms with Gasteiger partial charge in [-0.15, -0.1) is 0 Å². The second-order valence-corrected chi connectivity index (χ2v) is 8.22. The van der Waals surface area contributed by atoms with Crippen LogP contribution in [0.15, 0.2) is 0 Å². The van der Waals surface area contributed by atoms with Crippen molar-refractivity contribution in [3.63, 3.8) is 0 Å². The van der Waals surface area contributed by atoms with E-state index in [0.717, 1.165) is 13.0 Å². The third kappa shape index (κ3) is 7.27. The first-order valence-electron chi connectivity index (χ1n) is 2.82. The Morgan fingerprint density at radius 3 is 2.11 bits per heavy atom. The van der Waals surface area contributed by atoms with Gasteiger partial charge in [0, 0.05) is 0 Å². The summed E-state index contributed by atoms with van der Waals surface area (Å²) >= 11 is 4.45. The van der Waals surface area contributed by atoms with Gasteiger partial charge in [-0.05, 0) is 64.1 Å². The van der Waals surface area contributed by atoms with Crippen LogP contribution in [0.1, 0.15) is 13.3 Å². The van der Waals surface area contributed by atoms with Gasteiger partial charge in [0.25, 0.3) is 0 Å². The molecule has 1 unspecified atom stereocenters. The Bertz CT molecular complexity index is 79.5. The number of hydrogen-bond acceptors (Lipinski definition) is 2. The van der Waals surface area contributed by atoms with E-state index in [1.807, 2.05) is 0 Å². The summed E-state index contributed by atoms with van der Waals surface area (Å²) < 4.78 is -0.117. The van der Waals surface area contributed by atoms with Gasteiger partial charge in [0.2, 0.25) is 0 Å². The fourth-order valence-corrected chi connectivity index (χ4v) is 2.05. The molecule has 4 N–H and O–H groups in total. The largest absolute Gasteiger partial charge is 0.330 e. The molecule has 0 heterocycles. The normalized spacial score (nSPS) is 15.7. The quantitative estimate of drug-likeness (QED) is 0.458. The Balaban J connectivity index is 3.47. The van der Waals surface area contributed by atoms with Crippen LogP contribution in [-0.2, 0) is 0 Å². The predicted octanol–water partition coefficient (Wildman–Crippen LogP) is 1.45. The average Bonchev–Trinajstić information content (AvgIpc) is 1.62. The summed E-state index contributed by atoms with van der Waals surface area (Å²) in [5.41, 5.74) is 11.1. The van der Waals surface area contributed by atoms with Gasteiger partial charge in [-0.3, -0.25) is 0 Å². The molecule has 0 bridgehead atoms. The zero-order valence-electron chi connectivity index (χ0n) is 5.40. The van der Waals surface area contributed by atoms with E-state index in [9.17, 15) is 0 Å². The second-order valence-electron chi connectivity index (χ2n) is 2.31. The van der Waals surface area contributed by atoms with Crippen LogP contribution in [0.4, 0.5) is 0 Å². The molecule has 9 heavy (non-hydrogen) atoms. The van der Waals surface area contributed by atoms with E-state index in [4.69, 9.17) is 11.5 Å². The van der Waals surface area contributed by atoms with E-state index in [1.54, 1.807) is 0 Å². The SMILES string of the molecule is CC(CN)CC(N)(I)I. The summed E-state index contributed by atoms with van der Waals surface area (Å²) in [6.45, 7) is 2.84. The first-order chi connectivity index (χ1) is 3.95. The molecule has 0 saturated carbocycles. The maximum atomic E-state index is 5.73. The van der Waals surface area contributed by atoms with Crippen molar-refractivity contribution in [2.75, 3.05) is 6.54 Å². The molecule has 4 heteroatoms. The molecule has 0 aliphatic heterocycles. The highest BCUT2D eigenvalue weighted by atomic mass is 127. The zero-order chi connectivity index (χ0) is 7.49. The lowest BCUT2D eigenvalue weighted by atomic mass is 10.1. The van der Waals surface area contributed by atoms with E-state index in [1.165, 1.54) is 0 Å². The maximum absolute atomic E-state index is 5.73. The topological polar surface area (TPSA) is 52.0 Å². The molecule has 0 aromatic rings.